The van der Waals surface area contributed by atoms with Crippen LogP contribution in [0.2, 0.25) is 0 Å². The third kappa shape index (κ3) is 6.96. The molecule has 0 radical (unpaired) electrons. The summed E-state index contributed by atoms with van der Waals surface area (Å²) >= 11 is 0.702. The zero-order chi connectivity index (χ0) is 25.8. The largest absolute Gasteiger partial charge is 0.457 e. The molecule has 2 atom stereocenters. The highest BCUT2D eigenvalue weighted by molar-refractivity contribution is 7.84. The number of aromatic nitrogens is 2. The normalized spacial score (nSPS) is 18.6. The number of amides is 3. The molecule has 0 saturated carbocycles. The SMILES string of the molecule is CC(C)(C)OC(=O)CO/N=C(\C(=O)NC1C(=O)N(S(=O)(=O)O)C1COC(N)=O)c1nsc(N)n1. The van der Waals surface area contributed by atoms with Gasteiger partial charge in [-0.1, -0.05) is 5.16 Å². The smallest absolute Gasteiger partial charge is 0.404 e. The number of nitrogen functional groups attached to an aromatic ring is 1. The van der Waals surface area contributed by atoms with Gasteiger partial charge in [0.15, 0.2) is 5.13 Å². The summed E-state index contributed by atoms with van der Waals surface area (Å²) in [6.07, 6.45) is -1.29. The zero-order valence-corrected chi connectivity index (χ0v) is 19.6. The molecule has 0 bridgehead atoms. The van der Waals surface area contributed by atoms with Gasteiger partial charge in [-0.2, -0.15) is 17.8 Å². The van der Waals surface area contributed by atoms with Crippen molar-refractivity contribution in [3.8, 4) is 0 Å². The molecule has 34 heavy (non-hydrogen) atoms. The topological polar surface area (TPSA) is 256 Å². The van der Waals surface area contributed by atoms with E-state index in [2.05, 4.69) is 24.6 Å². The number of oxime groups is 1. The molecular weight excluding hydrogens is 502 g/mol. The monoisotopic (exact) mass is 523 g/mol. The molecular formula is C15H21N7O10S2. The summed E-state index contributed by atoms with van der Waals surface area (Å²) < 4.78 is 45.4. The van der Waals surface area contributed by atoms with Crippen molar-refractivity contribution in [2.75, 3.05) is 18.9 Å². The van der Waals surface area contributed by atoms with Crippen LogP contribution < -0.4 is 16.8 Å². The number of esters is 1. The molecule has 0 aromatic carbocycles. The first kappa shape index (κ1) is 26.7. The van der Waals surface area contributed by atoms with Crippen molar-refractivity contribution in [1.29, 1.82) is 0 Å². The van der Waals surface area contributed by atoms with E-state index in [1.54, 1.807) is 20.8 Å². The number of nitrogens with two attached hydrogens (primary N) is 2. The van der Waals surface area contributed by atoms with E-state index >= 15 is 0 Å². The number of hydrogen-bond donors (Lipinski definition) is 4. The molecule has 1 aromatic heterocycles. The highest BCUT2D eigenvalue weighted by Crippen LogP contribution is 2.24. The number of β-lactam (4-membered cyclic amide) rings is 1. The van der Waals surface area contributed by atoms with Crippen molar-refractivity contribution in [2.45, 2.75) is 38.5 Å². The fourth-order valence-electron chi connectivity index (χ4n) is 2.54. The molecule has 2 rings (SSSR count). The van der Waals surface area contributed by atoms with Crippen molar-refractivity contribution in [1.82, 2.24) is 19.0 Å². The second-order valence-electron chi connectivity index (χ2n) is 7.52. The molecule has 19 heteroatoms. The van der Waals surface area contributed by atoms with Crippen LogP contribution in [0.15, 0.2) is 5.16 Å². The fourth-order valence-corrected chi connectivity index (χ4v) is 3.84. The minimum atomic E-state index is -5.03. The van der Waals surface area contributed by atoms with Gasteiger partial charge < -0.3 is 31.1 Å². The third-order valence-electron chi connectivity index (χ3n) is 3.73. The summed E-state index contributed by atoms with van der Waals surface area (Å²) in [6.45, 7) is 3.41. The van der Waals surface area contributed by atoms with E-state index in [4.69, 9.17) is 21.0 Å². The van der Waals surface area contributed by atoms with Crippen molar-refractivity contribution in [2.24, 2.45) is 10.9 Å². The number of carbonyl (C=O) groups excluding carboxylic acids is 4. The van der Waals surface area contributed by atoms with E-state index in [1.807, 2.05) is 0 Å². The predicted molar refractivity (Wildman–Crippen MR) is 112 cm³/mol. The Hall–Kier alpha value is -3.58. The van der Waals surface area contributed by atoms with Crippen molar-refractivity contribution < 1.29 is 46.5 Å². The van der Waals surface area contributed by atoms with Crippen LogP contribution in [0.3, 0.4) is 0 Å². The number of anilines is 1. The number of rotatable bonds is 9. The summed E-state index contributed by atoms with van der Waals surface area (Å²) in [5, 5.41) is 5.61. The molecule has 1 aliphatic heterocycles. The molecule has 1 aromatic rings. The van der Waals surface area contributed by atoms with Crippen LogP contribution in [0.4, 0.5) is 9.93 Å². The molecule has 1 aliphatic rings. The summed E-state index contributed by atoms with van der Waals surface area (Å²) in [5.74, 6) is -3.51. The number of primary amides is 1. The van der Waals surface area contributed by atoms with Crippen molar-refractivity contribution >= 4 is 56.6 Å². The molecule has 17 nitrogen and oxygen atoms in total. The molecule has 0 spiro atoms. The Balaban J connectivity index is 2.21. The van der Waals surface area contributed by atoms with E-state index in [9.17, 15) is 32.1 Å². The lowest BCUT2D eigenvalue weighted by molar-refractivity contribution is -0.160. The molecule has 1 fully saturated rings. The van der Waals surface area contributed by atoms with Crippen LogP contribution in [0.25, 0.3) is 0 Å². The van der Waals surface area contributed by atoms with Gasteiger partial charge in [0.05, 0.1) is 0 Å². The van der Waals surface area contributed by atoms with E-state index in [1.165, 1.54) is 0 Å². The van der Waals surface area contributed by atoms with E-state index in [0.29, 0.717) is 11.5 Å². The molecule has 3 amide bonds. The zero-order valence-electron chi connectivity index (χ0n) is 18.0. The minimum absolute atomic E-state index is 0.00418. The first-order valence-corrected chi connectivity index (χ1v) is 11.3. The number of ether oxygens (including phenoxy) is 2. The quantitative estimate of drug-likeness (QED) is 0.0880. The molecule has 1 saturated heterocycles. The maximum atomic E-state index is 12.8. The standard InChI is InChI=1S/C15H21N7O10S2/c1-15(2,3)32-7(23)5-31-20-9(10-19-13(16)33-21-10)11(24)18-8-6(4-30-14(17)26)22(12(8)25)34(27,28)29/h6,8H,4-5H2,1-3H3,(H2,17,26)(H,18,24)(H2,16,19,21)(H,27,28,29)/b20-9-. The van der Waals surface area contributed by atoms with Crippen LogP contribution in [-0.4, -0.2) is 87.1 Å². The van der Waals surface area contributed by atoms with Crippen molar-refractivity contribution in [3.05, 3.63) is 5.82 Å². The van der Waals surface area contributed by atoms with Gasteiger partial charge >= 0.3 is 22.4 Å². The van der Waals surface area contributed by atoms with Crippen LogP contribution in [-0.2, 0) is 39.0 Å². The van der Waals surface area contributed by atoms with Gasteiger partial charge in [-0.3, -0.25) is 14.1 Å². The maximum Gasteiger partial charge on any atom is 0.404 e. The van der Waals surface area contributed by atoms with Gasteiger partial charge in [0.25, 0.3) is 11.8 Å². The summed E-state index contributed by atoms with van der Waals surface area (Å²) in [5.41, 5.74) is 8.92. The Morgan fingerprint density at radius 1 is 1.32 bits per heavy atom. The van der Waals surface area contributed by atoms with Crippen LogP contribution in [0.1, 0.15) is 26.6 Å². The van der Waals surface area contributed by atoms with Gasteiger partial charge in [-0.25, -0.2) is 13.9 Å². The maximum absolute atomic E-state index is 12.8. The third-order valence-corrected chi connectivity index (χ3v) is 5.22. The number of nitrogens with zero attached hydrogens (tertiary/aromatic N) is 4. The molecule has 2 heterocycles. The fraction of sp³-hybridized carbons (Fsp3) is 0.533. The number of nitrogens with one attached hydrogen (secondary N) is 1. The minimum Gasteiger partial charge on any atom is -0.457 e. The number of carbonyl (C=O) groups is 4. The lowest BCUT2D eigenvalue weighted by Crippen LogP contribution is -2.73. The second-order valence-corrected chi connectivity index (χ2v) is 9.59. The Bertz CT molecular complexity index is 1110. The number of hydrogen-bond acceptors (Lipinski definition) is 14. The average molecular weight is 524 g/mol. The van der Waals surface area contributed by atoms with Gasteiger partial charge in [0, 0.05) is 11.5 Å². The Morgan fingerprint density at radius 2 is 1.97 bits per heavy atom. The summed E-state index contributed by atoms with van der Waals surface area (Å²) in [4.78, 5) is 56.3. The summed E-state index contributed by atoms with van der Waals surface area (Å²) in [6, 6.07) is -3.10. The molecule has 0 aliphatic carbocycles. The first-order valence-electron chi connectivity index (χ1n) is 9.15. The van der Waals surface area contributed by atoms with E-state index in [0.717, 1.165) is 0 Å². The molecule has 188 valence electrons. The lowest BCUT2D eigenvalue weighted by Gasteiger charge is -2.43. The Kier molecular flexibility index (Phi) is 7.95. The highest BCUT2D eigenvalue weighted by atomic mass is 32.2. The Labute approximate surface area is 196 Å². The first-order chi connectivity index (χ1) is 15.6. The van der Waals surface area contributed by atoms with Crippen LogP contribution >= 0.6 is 11.5 Å². The van der Waals surface area contributed by atoms with Crippen molar-refractivity contribution in [3.63, 3.8) is 0 Å². The van der Waals surface area contributed by atoms with Crippen LogP contribution in [0.5, 0.6) is 0 Å². The van der Waals surface area contributed by atoms with Gasteiger partial charge in [-0.15, -0.1) is 0 Å². The predicted octanol–water partition coefficient (Wildman–Crippen LogP) is -2.22. The van der Waals surface area contributed by atoms with Gasteiger partial charge in [0.1, 0.15) is 24.3 Å². The summed E-state index contributed by atoms with van der Waals surface area (Å²) in [7, 11) is -5.03. The van der Waals surface area contributed by atoms with E-state index < -0.39 is 70.8 Å². The molecule has 6 N–H and O–H groups in total. The highest BCUT2D eigenvalue weighted by Gasteiger charge is 2.55. The molecule has 2 unspecified atom stereocenters. The lowest BCUT2D eigenvalue weighted by atomic mass is 9.99. The van der Waals surface area contributed by atoms with Crippen LogP contribution in [0, 0.1) is 0 Å². The van der Waals surface area contributed by atoms with Gasteiger partial charge in [-0.05, 0) is 20.8 Å². The second kappa shape index (κ2) is 10.1. The Morgan fingerprint density at radius 3 is 2.47 bits per heavy atom. The van der Waals surface area contributed by atoms with Gasteiger partial charge in [0.2, 0.25) is 18.1 Å². The average Bonchev–Trinajstić information content (AvgIpc) is 3.09. The van der Waals surface area contributed by atoms with E-state index in [-0.39, 0.29) is 15.3 Å².